The number of hydrogen-bond donors (Lipinski definition) is 3. The van der Waals surface area contributed by atoms with Gasteiger partial charge in [-0.3, -0.25) is 14.6 Å². The van der Waals surface area contributed by atoms with Gasteiger partial charge in [0.05, 0.1) is 30.4 Å². The second-order valence-electron chi connectivity index (χ2n) is 11.7. The maximum Gasteiger partial charge on any atom is 0.319 e. The molecule has 4 atom stereocenters. The Bertz CT molecular complexity index is 1210. The largest absolute Gasteiger partial charge is 0.490 e. The molecule has 0 fully saturated rings. The van der Waals surface area contributed by atoms with Crippen LogP contribution in [-0.2, 0) is 4.74 Å². The third kappa shape index (κ3) is 9.93. The van der Waals surface area contributed by atoms with Gasteiger partial charge in [-0.05, 0) is 77.3 Å². The molecule has 0 saturated carbocycles. The van der Waals surface area contributed by atoms with Gasteiger partial charge in [0.2, 0.25) is 0 Å². The number of carbonyl (C=O) groups is 3. The van der Waals surface area contributed by atoms with Crippen LogP contribution >= 0.6 is 0 Å². The number of aliphatic hydroxyl groups is 1. The molecule has 1 aliphatic rings. The summed E-state index contributed by atoms with van der Waals surface area (Å²) in [5.41, 5.74) is 1.28. The molecular weight excluding hydrogens is 550 g/mol. The summed E-state index contributed by atoms with van der Waals surface area (Å²) < 4.78 is 12.6. The SMILES string of the molecule is CC(C)NC(=O)Nc1ccc2c(c1)C(=O)N([C@@H](C)CO)C[C@H](C)[C@@H](CN(C)C(=O)c1ccncc1)OCCCC[C@H](C)O2. The Morgan fingerprint density at radius 2 is 1.86 bits per heavy atom. The van der Waals surface area contributed by atoms with E-state index in [1.54, 1.807) is 66.5 Å². The summed E-state index contributed by atoms with van der Waals surface area (Å²) in [6.45, 7) is 10.3. The lowest BCUT2D eigenvalue weighted by Crippen LogP contribution is -2.48. The average molecular weight is 598 g/mol. The first-order valence-electron chi connectivity index (χ1n) is 15.1. The van der Waals surface area contributed by atoms with Crippen molar-refractivity contribution in [2.45, 2.75) is 78.2 Å². The minimum absolute atomic E-state index is 0.0558. The second-order valence-corrected chi connectivity index (χ2v) is 11.7. The highest BCUT2D eigenvalue weighted by molar-refractivity contribution is 5.99. The summed E-state index contributed by atoms with van der Waals surface area (Å²) in [6.07, 6.45) is 5.07. The number of likely N-dealkylation sites (N-methyl/N-ethyl adjacent to an activating group) is 1. The van der Waals surface area contributed by atoms with Crippen molar-refractivity contribution in [3.8, 4) is 5.75 Å². The number of rotatable bonds is 7. The standard InChI is InChI=1S/C32H47N5O6/c1-21(2)34-32(41)35-26-10-11-28-27(17-26)31(40)37(23(4)20-38)18-22(3)29(42-16-8-7-9-24(5)43-28)19-36(6)30(39)25-12-14-33-15-13-25/h10-15,17,21-24,29,38H,7-9,16,18-20H2,1-6H3,(H2,34,35,41)/t22-,23-,24-,29+/m0/s1. The number of anilines is 1. The lowest BCUT2D eigenvalue weighted by molar-refractivity contribution is -0.0149. The summed E-state index contributed by atoms with van der Waals surface area (Å²) in [5, 5.41) is 15.7. The van der Waals surface area contributed by atoms with Crippen LogP contribution < -0.4 is 15.4 Å². The summed E-state index contributed by atoms with van der Waals surface area (Å²) in [7, 11) is 1.74. The minimum atomic E-state index is -0.509. The number of ether oxygens (including phenoxy) is 2. The van der Waals surface area contributed by atoms with E-state index in [4.69, 9.17) is 9.47 Å². The van der Waals surface area contributed by atoms with Gasteiger partial charge < -0.3 is 35.0 Å². The predicted octanol–water partition coefficient (Wildman–Crippen LogP) is 4.18. The topological polar surface area (TPSA) is 133 Å². The summed E-state index contributed by atoms with van der Waals surface area (Å²) >= 11 is 0. The molecule has 1 aliphatic heterocycles. The summed E-state index contributed by atoms with van der Waals surface area (Å²) in [6, 6.07) is 7.45. The molecule has 43 heavy (non-hydrogen) atoms. The van der Waals surface area contributed by atoms with Gasteiger partial charge in [0.1, 0.15) is 5.75 Å². The number of aromatic nitrogens is 1. The number of benzene rings is 1. The normalized spacial score (nSPS) is 20.8. The number of amides is 4. The minimum Gasteiger partial charge on any atom is -0.490 e. The number of nitrogens with one attached hydrogen (secondary N) is 2. The van der Waals surface area contributed by atoms with Crippen molar-refractivity contribution in [2.75, 3.05) is 38.7 Å². The molecule has 2 aromatic rings. The third-order valence-electron chi connectivity index (χ3n) is 7.46. The monoisotopic (exact) mass is 597 g/mol. The van der Waals surface area contributed by atoms with E-state index in [1.807, 2.05) is 27.7 Å². The first kappa shape index (κ1) is 33.8. The molecule has 236 valence electrons. The van der Waals surface area contributed by atoms with E-state index in [9.17, 15) is 19.5 Å². The maximum absolute atomic E-state index is 14.2. The Kier molecular flexibility index (Phi) is 12.8. The van der Waals surface area contributed by atoms with Crippen LogP contribution in [0.3, 0.4) is 0 Å². The smallest absolute Gasteiger partial charge is 0.319 e. The van der Waals surface area contributed by atoms with Gasteiger partial charge >= 0.3 is 6.03 Å². The Labute approximate surface area is 254 Å². The van der Waals surface area contributed by atoms with Gasteiger partial charge in [0.25, 0.3) is 11.8 Å². The number of pyridine rings is 1. The molecule has 0 radical (unpaired) electrons. The molecule has 3 N–H and O–H groups in total. The summed E-state index contributed by atoms with van der Waals surface area (Å²) in [4.78, 5) is 46.9. The predicted molar refractivity (Wildman–Crippen MR) is 165 cm³/mol. The van der Waals surface area contributed by atoms with E-state index in [0.29, 0.717) is 35.7 Å². The molecule has 0 aliphatic carbocycles. The van der Waals surface area contributed by atoms with Crippen LogP contribution in [0.25, 0.3) is 0 Å². The molecule has 11 nitrogen and oxygen atoms in total. The zero-order valence-electron chi connectivity index (χ0n) is 26.2. The molecule has 0 spiro atoms. The van der Waals surface area contributed by atoms with E-state index in [-0.39, 0.29) is 55.2 Å². The van der Waals surface area contributed by atoms with Gasteiger partial charge in [-0.1, -0.05) is 6.92 Å². The zero-order chi connectivity index (χ0) is 31.5. The van der Waals surface area contributed by atoms with Crippen molar-refractivity contribution in [3.05, 3.63) is 53.9 Å². The van der Waals surface area contributed by atoms with Gasteiger partial charge in [0, 0.05) is 62.3 Å². The van der Waals surface area contributed by atoms with Crippen LogP contribution in [0.15, 0.2) is 42.7 Å². The Hall–Kier alpha value is -3.70. The van der Waals surface area contributed by atoms with Crippen molar-refractivity contribution in [1.82, 2.24) is 20.1 Å². The molecule has 1 aromatic carbocycles. The third-order valence-corrected chi connectivity index (χ3v) is 7.46. The first-order chi connectivity index (χ1) is 20.5. The van der Waals surface area contributed by atoms with Crippen LogP contribution in [-0.4, -0.2) is 95.4 Å². The Morgan fingerprint density at radius 3 is 2.53 bits per heavy atom. The van der Waals surface area contributed by atoms with Gasteiger partial charge in [0.15, 0.2) is 0 Å². The molecular formula is C32H47N5O6. The van der Waals surface area contributed by atoms with E-state index >= 15 is 0 Å². The molecule has 3 rings (SSSR count). The second kappa shape index (κ2) is 16.2. The molecule has 4 amide bonds. The van der Waals surface area contributed by atoms with E-state index < -0.39 is 6.04 Å². The number of urea groups is 1. The van der Waals surface area contributed by atoms with Crippen LogP contribution in [0.4, 0.5) is 10.5 Å². The highest BCUT2D eigenvalue weighted by Gasteiger charge is 2.31. The Morgan fingerprint density at radius 1 is 1.14 bits per heavy atom. The zero-order valence-corrected chi connectivity index (χ0v) is 26.2. The highest BCUT2D eigenvalue weighted by atomic mass is 16.5. The van der Waals surface area contributed by atoms with Crippen molar-refractivity contribution >= 4 is 23.5 Å². The van der Waals surface area contributed by atoms with Gasteiger partial charge in [-0.15, -0.1) is 0 Å². The summed E-state index contributed by atoms with van der Waals surface area (Å²) in [5.74, 6) is -0.242. The van der Waals surface area contributed by atoms with Gasteiger partial charge in [-0.2, -0.15) is 0 Å². The van der Waals surface area contributed by atoms with Crippen LogP contribution in [0, 0.1) is 5.92 Å². The maximum atomic E-state index is 14.2. The van der Waals surface area contributed by atoms with E-state index in [2.05, 4.69) is 15.6 Å². The van der Waals surface area contributed by atoms with Crippen molar-refractivity contribution < 1.29 is 29.0 Å². The number of aliphatic hydroxyl groups excluding tert-OH is 1. The Balaban J connectivity index is 1.93. The number of hydrogen-bond acceptors (Lipinski definition) is 7. The van der Waals surface area contributed by atoms with E-state index in [1.165, 1.54) is 0 Å². The van der Waals surface area contributed by atoms with Crippen LogP contribution in [0.5, 0.6) is 5.75 Å². The molecule has 0 saturated heterocycles. The fourth-order valence-electron chi connectivity index (χ4n) is 4.96. The highest BCUT2D eigenvalue weighted by Crippen LogP contribution is 2.28. The quantitative estimate of drug-likeness (QED) is 0.436. The molecule has 0 bridgehead atoms. The van der Waals surface area contributed by atoms with Gasteiger partial charge in [-0.25, -0.2) is 4.79 Å². The molecule has 11 heteroatoms. The number of fused-ring (bicyclic) bond motifs is 1. The fourth-order valence-corrected chi connectivity index (χ4v) is 4.96. The number of nitrogens with zero attached hydrogens (tertiary/aromatic N) is 3. The lowest BCUT2D eigenvalue weighted by Gasteiger charge is -2.36. The van der Waals surface area contributed by atoms with Crippen molar-refractivity contribution in [3.63, 3.8) is 0 Å². The lowest BCUT2D eigenvalue weighted by atomic mass is 10.0. The molecule has 1 aromatic heterocycles. The van der Waals surface area contributed by atoms with E-state index in [0.717, 1.165) is 19.3 Å². The first-order valence-corrected chi connectivity index (χ1v) is 15.1. The molecule has 0 unspecified atom stereocenters. The fraction of sp³-hybridized carbons (Fsp3) is 0.562. The molecule has 2 heterocycles. The average Bonchev–Trinajstić information content (AvgIpc) is 2.98. The van der Waals surface area contributed by atoms with Crippen molar-refractivity contribution in [2.24, 2.45) is 5.92 Å². The van der Waals surface area contributed by atoms with Crippen molar-refractivity contribution in [1.29, 1.82) is 0 Å². The van der Waals surface area contributed by atoms with Crippen LogP contribution in [0.2, 0.25) is 0 Å². The number of carbonyl (C=O) groups excluding carboxylic acids is 3. The van der Waals surface area contributed by atoms with Crippen LogP contribution in [0.1, 0.15) is 74.6 Å².